The van der Waals surface area contributed by atoms with Crippen LogP contribution in [-0.2, 0) is 23.8 Å². The van der Waals surface area contributed by atoms with Crippen molar-refractivity contribution >= 4 is 11.9 Å². The van der Waals surface area contributed by atoms with Crippen molar-refractivity contribution in [3.05, 3.63) is 48.6 Å². The van der Waals surface area contributed by atoms with E-state index < -0.39 is 49.5 Å². The molecule has 11 heteroatoms. The first-order chi connectivity index (χ1) is 44.7. The molecule has 0 radical (unpaired) electrons. The number of allylic oxidation sites excluding steroid dienone is 7. The van der Waals surface area contributed by atoms with Crippen LogP contribution in [0, 0.1) is 0 Å². The van der Waals surface area contributed by atoms with Gasteiger partial charge >= 0.3 is 5.97 Å². The smallest absolute Gasteiger partial charge is 0.305 e. The second kappa shape index (κ2) is 69.0. The molecule has 1 heterocycles. The van der Waals surface area contributed by atoms with Gasteiger partial charge in [-0.15, -0.1) is 0 Å². The number of carbonyl (C=O) groups is 2. The van der Waals surface area contributed by atoms with Crippen molar-refractivity contribution in [1.82, 2.24) is 5.32 Å². The van der Waals surface area contributed by atoms with Crippen LogP contribution < -0.4 is 5.32 Å². The lowest BCUT2D eigenvalue weighted by Gasteiger charge is -2.40. The number of carbonyl (C=O) groups excluding carboxylic acids is 2. The molecule has 7 atom stereocenters. The van der Waals surface area contributed by atoms with Gasteiger partial charge in [-0.05, 0) is 77.0 Å². The second-order valence-electron chi connectivity index (χ2n) is 27.4. The highest BCUT2D eigenvalue weighted by Gasteiger charge is 2.44. The van der Waals surface area contributed by atoms with Crippen molar-refractivity contribution in [1.29, 1.82) is 0 Å². The SMILES string of the molecule is CCCCCC/C=C/CC/C=C/C(O)C(COC1OC(CO)C(O)C(O)C1O)NC(=O)CCCCCCCCCCCCCCCCCCC/C=C\C/C=C\CCCCCCCCCCCCCCCOC(=O)CCCCCCCCCCCCCCCCCC. The molecule has 91 heavy (non-hydrogen) atoms. The zero-order valence-electron chi connectivity index (χ0n) is 59.6. The highest BCUT2D eigenvalue weighted by Crippen LogP contribution is 2.24. The Morgan fingerprint density at radius 1 is 0.407 bits per heavy atom. The number of aliphatic hydroxyl groups is 5. The van der Waals surface area contributed by atoms with Gasteiger partial charge in [0.25, 0.3) is 0 Å². The van der Waals surface area contributed by atoms with Crippen LogP contribution in [0.5, 0.6) is 0 Å². The van der Waals surface area contributed by atoms with E-state index in [2.05, 4.69) is 55.6 Å². The average Bonchev–Trinajstić information content (AvgIpc) is 1.35. The molecule has 0 bridgehead atoms. The highest BCUT2D eigenvalue weighted by molar-refractivity contribution is 5.76. The molecule has 1 fully saturated rings. The summed E-state index contributed by atoms with van der Waals surface area (Å²) in [5.41, 5.74) is 0. The minimum atomic E-state index is -1.57. The molecular formula is C80H149NO10. The van der Waals surface area contributed by atoms with Crippen LogP contribution in [0.2, 0.25) is 0 Å². The molecule has 7 unspecified atom stereocenters. The fourth-order valence-corrected chi connectivity index (χ4v) is 12.5. The summed E-state index contributed by atoms with van der Waals surface area (Å²) in [6.07, 6.45) is 81.6. The van der Waals surface area contributed by atoms with E-state index in [1.807, 2.05) is 6.08 Å². The van der Waals surface area contributed by atoms with Gasteiger partial charge in [-0.25, -0.2) is 0 Å². The molecule has 0 spiro atoms. The number of unbranched alkanes of at least 4 members (excludes halogenated alkanes) is 50. The predicted molar refractivity (Wildman–Crippen MR) is 384 cm³/mol. The lowest BCUT2D eigenvalue weighted by atomic mass is 9.99. The Morgan fingerprint density at radius 3 is 1.16 bits per heavy atom. The molecule has 6 N–H and O–H groups in total. The van der Waals surface area contributed by atoms with Crippen molar-refractivity contribution in [3.8, 4) is 0 Å². The molecule has 0 aromatic heterocycles. The minimum absolute atomic E-state index is 0.0163. The van der Waals surface area contributed by atoms with E-state index in [0.29, 0.717) is 19.4 Å². The maximum absolute atomic E-state index is 13.0. The van der Waals surface area contributed by atoms with Gasteiger partial charge in [-0.2, -0.15) is 0 Å². The van der Waals surface area contributed by atoms with E-state index in [1.54, 1.807) is 6.08 Å². The number of nitrogens with one attached hydrogen (secondary N) is 1. The van der Waals surface area contributed by atoms with Crippen molar-refractivity contribution in [2.45, 2.75) is 429 Å². The van der Waals surface area contributed by atoms with Crippen molar-refractivity contribution in [3.63, 3.8) is 0 Å². The Balaban J connectivity index is 1.88. The second-order valence-corrected chi connectivity index (χ2v) is 27.4. The summed E-state index contributed by atoms with van der Waals surface area (Å²) in [6, 6.07) is -0.825. The molecule has 1 aliphatic rings. The van der Waals surface area contributed by atoms with Gasteiger partial charge in [-0.3, -0.25) is 9.59 Å². The summed E-state index contributed by atoms with van der Waals surface area (Å²) in [5, 5.41) is 54.4. The molecule has 1 rings (SSSR count). The Labute approximate surface area is 561 Å². The number of ether oxygens (including phenoxy) is 3. The number of hydrogen-bond donors (Lipinski definition) is 6. The molecular weight excluding hydrogens is 1130 g/mol. The third kappa shape index (κ3) is 57.6. The van der Waals surface area contributed by atoms with Crippen molar-refractivity contribution < 1.29 is 49.3 Å². The molecule has 0 aromatic carbocycles. The lowest BCUT2D eigenvalue weighted by molar-refractivity contribution is -0.302. The Bertz CT molecular complexity index is 1650. The maximum atomic E-state index is 13.0. The van der Waals surface area contributed by atoms with Crippen LogP contribution in [0.1, 0.15) is 386 Å². The zero-order valence-corrected chi connectivity index (χ0v) is 59.6. The van der Waals surface area contributed by atoms with E-state index in [1.165, 1.54) is 302 Å². The summed E-state index contributed by atoms with van der Waals surface area (Å²) < 4.78 is 16.7. The summed E-state index contributed by atoms with van der Waals surface area (Å²) in [5.74, 6) is -0.173. The fourth-order valence-electron chi connectivity index (χ4n) is 12.5. The minimum Gasteiger partial charge on any atom is -0.466 e. The van der Waals surface area contributed by atoms with Gasteiger partial charge in [0.1, 0.15) is 24.4 Å². The van der Waals surface area contributed by atoms with Gasteiger partial charge in [-0.1, -0.05) is 345 Å². The highest BCUT2D eigenvalue weighted by atomic mass is 16.7. The summed E-state index contributed by atoms with van der Waals surface area (Å²) in [7, 11) is 0. The first-order valence-corrected chi connectivity index (χ1v) is 39.4. The Hall–Kier alpha value is -2.38. The molecule has 0 saturated carbocycles. The van der Waals surface area contributed by atoms with Crippen LogP contribution in [-0.4, -0.2) is 100 Å². The normalized spacial score (nSPS) is 17.8. The van der Waals surface area contributed by atoms with Gasteiger partial charge in [0, 0.05) is 12.8 Å². The molecule has 534 valence electrons. The van der Waals surface area contributed by atoms with E-state index in [9.17, 15) is 35.1 Å². The lowest BCUT2D eigenvalue weighted by Crippen LogP contribution is -2.60. The number of esters is 1. The third-order valence-corrected chi connectivity index (χ3v) is 18.7. The topological polar surface area (TPSA) is 175 Å². The predicted octanol–water partition coefficient (Wildman–Crippen LogP) is 21.1. The van der Waals surface area contributed by atoms with Crippen molar-refractivity contribution in [2.24, 2.45) is 0 Å². The largest absolute Gasteiger partial charge is 0.466 e. The van der Waals surface area contributed by atoms with Crippen LogP contribution in [0.15, 0.2) is 48.6 Å². The van der Waals surface area contributed by atoms with Crippen LogP contribution in [0.25, 0.3) is 0 Å². The van der Waals surface area contributed by atoms with Crippen LogP contribution in [0.3, 0.4) is 0 Å². The van der Waals surface area contributed by atoms with Gasteiger partial charge in [0.05, 0.1) is 32.0 Å². The van der Waals surface area contributed by atoms with E-state index >= 15 is 0 Å². The molecule has 1 amide bonds. The van der Waals surface area contributed by atoms with E-state index in [-0.39, 0.29) is 18.5 Å². The number of aliphatic hydroxyl groups excluding tert-OH is 5. The van der Waals surface area contributed by atoms with Gasteiger partial charge in [0.15, 0.2) is 6.29 Å². The molecule has 0 aliphatic carbocycles. The first kappa shape index (κ1) is 86.6. The van der Waals surface area contributed by atoms with Crippen LogP contribution >= 0.6 is 0 Å². The van der Waals surface area contributed by atoms with E-state index in [0.717, 1.165) is 57.8 Å². The molecule has 11 nitrogen and oxygen atoms in total. The fraction of sp³-hybridized carbons (Fsp3) is 0.875. The quantitative estimate of drug-likeness (QED) is 0.0195. The maximum Gasteiger partial charge on any atom is 0.305 e. The molecule has 1 aliphatic heterocycles. The third-order valence-electron chi connectivity index (χ3n) is 18.7. The zero-order chi connectivity index (χ0) is 65.8. The van der Waals surface area contributed by atoms with E-state index in [4.69, 9.17) is 14.2 Å². The van der Waals surface area contributed by atoms with Crippen LogP contribution in [0.4, 0.5) is 0 Å². The Morgan fingerprint density at radius 2 is 0.747 bits per heavy atom. The number of hydrogen-bond acceptors (Lipinski definition) is 10. The summed E-state index contributed by atoms with van der Waals surface area (Å²) in [6.45, 7) is 4.34. The number of amides is 1. The standard InChI is InChI=1S/C80H149NO10/c1-3-5-7-9-11-13-15-16-17-42-45-48-52-56-60-64-68-76(85)89-69-65-61-57-53-49-46-43-40-38-36-34-32-30-28-26-24-22-20-18-19-21-23-25-27-29-31-33-35-37-39-41-44-47-51-55-59-63-67-75(84)81-72(71-90-80-79(88)78(87)77(86)74(70-82)91-80)73(83)66-62-58-54-50-14-12-10-8-6-4-2/h14,18,20,24,26,50,62,66,72-74,77-80,82-83,86-88H,3-13,15-17,19,21-23,25,27-49,51-61,63-65,67-71H2,1-2H3,(H,81,84)/b20-18-,26-24-,50-14+,66-62+. The van der Waals surface area contributed by atoms with Crippen molar-refractivity contribution in [2.75, 3.05) is 19.8 Å². The average molecular weight is 1290 g/mol. The monoisotopic (exact) mass is 1280 g/mol. The molecule has 1 saturated heterocycles. The number of rotatable bonds is 70. The molecule has 0 aromatic rings. The van der Waals surface area contributed by atoms with Gasteiger partial charge in [0.2, 0.25) is 5.91 Å². The Kier molecular flexibility index (Phi) is 65.7. The first-order valence-electron chi connectivity index (χ1n) is 39.4. The van der Waals surface area contributed by atoms with Gasteiger partial charge < -0.3 is 45.1 Å². The summed E-state index contributed by atoms with van der Waals surface area (Å²) >= 11 is 0. The summed E-state index contributed by atoms with van der Waals surface area (Å²) in [4.78, 5) is 25.1.